The van der Waals surface area contributed by atoms with Gasteiger partial charge in [-0.2, -0.15) is 5.10 Å². The van der Waals surface area contributed by atoms with Gasteiger partial charge in [0.2, 0.25) is 0 Å². The molecule has 0 saturated heterocycles. The fourth-order valence-corrected chi connectivity index (χ4v) is 1.59. The number of rotatable bonds is 3. The molecule has 1 aromatic heterocycles. The predicted octanol–water partition coefficient (Wildman–Crippen LogP) is 2.87. The number of para-hydroxylation sites is 2. The van der Waals surface area contributed by atoms with Crippen LogP contribution in [0.1, 0.15) is 32.2 Å². The first-order valence-corrected chi connectivity index (χ1v) is 5.99. The minimum atomic E-state index is 0.0422. The molecule has 1 aromatic carbocycles. The second kappa shape index (κ2) is 4.72. The first-order chi connectivity index (χ1) is 8.47. The van der Waals surface area contributed by atoms with Crippen molar-refractivity contribution in [2.45, 2.75) is 32.8 Å². The molecular formula is C14H19N3O. The van der Waals surface area contributed by atoms with Crippen molar-refractivity contribution >= 4 is 5.69 Å². The lowest BCUT2D eigenvalue weighted by Crippen LogP contribution is -2.11. The molecule has 0 atom stereocenters. The van der Waals surface area contributed by atoms with Crippen LogP contribution >= 0.6 is 0 Å². The summed E-state index contributed by atoms with van der Waals surface area (Å²) >= 11 is 0. The fourth-order valence-electron chi connectivity index (χ4n) is 1.59. The maximum Gasteiger partial charge on any atom is 0.142 e. The van der Waals surface area contributed by atoms with E-state index < -0.39 is 0 Å². The molecule has 0 aliphatic heterocycles. The molecule has 4 heteroatoms. The Hall–Kier alpha value is -1.97. The molecule has 0 unspecified atom stereocenters. The van der Waals surface area contributed by atoms with Crippen LogP contribution in [0, 0.1) is 0 Å². The normalized spacial score (nSPS) is 11.5. The molecule has 2 rings (SSSR count). The van der Waals surface area contributed by atoms with Gasteiger partial charge in [-0.25, -0.2) is 0 Å². The summed E-state index contributed by atoms with van der Waals surface area (Å²) in [7, 11) is 0. The average Bonchev–Trinajstić information content (AvgIpc) is 2.76. The Morgan fingerprint density at radius 2 is 2.00 bits per heavy atom. The topological polar surface area (TPSA) is 63.9 Å². The molecule has 0 saturated carbocycles. The molecule has 0 bridgehead atoms. The Morgan fingerprint density at radius 1 is 1.28 bits per heavy atom. The van der Waals surface area contributed by atoms with Gasteiger partial charge in [0, 0.05) is 5.41 Å². The number of aromatic nitrogens is 2. The molecule has 4 nitrogen and oxygen atoms in total. The number of nitrogens with zero attached hydrogens (tertiary/aromatic N) is 1. The highest BCUT2D eigenvalue weighted by molar-refractivity contribution is 5.51. The van der Waals surface area contributed by atoms with Gasteiger partial charge in [-0.3, -0.25) is 5.10 Å². The summed E-state index contributed by atoms with van der Waals surface area (Å²) in [6.07, 6.45) is 0. The van der Waals surface area contributed by atoms with E-state index in [-0.39, 0.29) is 5.41 Å². The first kappa shape index (κ1) is 12.5. The third-order valence-electron chi connectivity index (χ3n) is 2.70. The van der Waals surface area contributed by atoms with Crippen molar-refractivity contribution in [1.29, 1.82) is 0 Å². The number of benzene rings is 1. The molecule has 0 aliphatic carbocycles. The minimum Gasteiger partial charge on any atom is -0.485 e. The maximum absolute atomic E-state index is 5.81. The fraction of sp³-hybridized carbons (Fsp3) is 0.357. The van der Waals surface area contributed by atoms with Gasteiger partial charge < -0.3 is 10.5 Å². The van der Waals surface area contributed by atoms with E-state index in [1.807, 2.05) is 30.3 Å². The highest BCUT2D eigenvalue weighted by atomic mass is 16.5. The zero-order chi connectivity index (χ0) is 13.2. The van der Waals surface area contributed by atoms with E-state index in [2.05, 4.69) is 31.0 Å². The maximum atomic E-state index is 5.81. The Balaban J connectivity index is 2.03. The Bertz CT molecular complexity index is 526. The lowest BCUT2D eigenvalue weighted by molar-refractivity contribution is 0.303. The Morgan fingerprint density at radius 3 is 2.61 bits per heavy atom. The van der Waals surface area contributed by atoms with E-state index in [1.54, 1.807) is 0 Å². The van der Waals surface area contributed by atoms with Crippen LogP contribution in [0.15, 0.2) is 30.3 Å². The second-order valence-electron chi connectivity index (χ2n) is 5.35. The van der Waals surface area contributed by atoms with Crippen LogP contribution in [0.25, 0.3) is 0 Å². The van der Waals surface area contributed by atoms with E-state index in [9.17, 15) is 0 Å². The number of nitrogen functional groups attached to an aromatic ring is 1. The number of aromatic amines is 1. The molecule has 0 fully saturated rings. The van der Waals surface area contributed by atoms with Crippen molar-refractivity contribution in [3.63, 3.8) is 0 Å². The van der Waals surface area contributed by atoms with Crippen molar-refractivity contribution in [2.24, 2.45) is 0 Å². The van der Waals surface area contributed by atoms with Gasteiger partial charge in [0.05, 0.1) is 17.1 Å². The molecule has 96 valence electrons. The van der Waals surface area contributed by atoms with Gasteiger partial charge in [0.15, 0.2) is 0 Å². The Labute approximate surface area is 107 Å². The average molecular weight is 245 g/mol. The van der Waals surface area contributed by atoms with Gasteiger partial charge in [-0.15, -0.1) is 0 Å². The summed E-state index contributed by atoms with van der Waals surface area (Å²) in [6.45, 7) is 6.83. The highest BCUT2D eigenvalue weighted by Gasteiger charge is 2.17. The van der Waals surface area contributed by atoms with Crippen molar-refractivity contribution in [1.82, 2.24) is 10.2 Å². The summed E-state index contributed by atoms with van der Waals surface area (Å²) in [6, 6.07) is 9.49. The third-order valence-corrected chi connectivity index (χ3v) is 2.70. The number of anilines is 1. The quantitative estimate of drug-likeness (QED) is 0.817. The van der Waals surface area contributed by atoms with Crippen LogP contribution in [0.5, 0.6) is 5.75 Å². The van der Waals surface area contributed by atoms with Crippen molar-refractivity contribution < 1.29 is 4.74 Å². The van der Waals surface area contributed by atoms with Crippen LogP contribution < -0.4 is 10.5 Å². The zero-order valence-corrected chi connectivity index (χ0v) is 11.0. The number of hydrogen-bond donors (Lipinski definition) is 2. The van der Waals surface area contributed by atoms with Crippen LogP contribution in [0.3, 0.4) is 0 Å². The standard InChI is InChI=1S/C14H19N3O/c1-14(2,3)13-8-10(16-17-13)9-18-12-7-5-4-6-11(12)15/h4-8H,9,15H2,1-3H3,(H,16,17). The SMILES string of the molecule is CC(C)(C)c1cc(COc2ccccc2N)[nH]n1. The lowest BCUT2D eigenvalue weighted by Gasteiger charge is -2.13. The number of hydrogen-bond acceptors (Lipinski definition) is 3. The minimum absolute atomic E-state index is 0.0422. The largest absolute Gasteiger partial charge is 0.485 e. The summed E-state index contributed by atoms with van der Waals surface area (Å²) in [5, 5.41) is 7.27. The van der Waals surface area contributed by atoms with E-state index in [4.69, 9.17) is 10.5 Å². The molecular weight excluding hydrogens is 226 g/mol. The smallest absolute Gasteiger partial charge is 0.142 e. The summed E-state index contributed by atoms with van der Waals surface area (Å²) in [5.74, 6) is 0.699. The summed E-state index contributed by atoms with van der Waals surface area (Å²) in [5.41, 5.74) is 8.47. The van der Waals surface area contributed by atoms with Gasteiger partial charge in [-0.05, 0) is 18.2 Å². The zero-order valence-electron chi connectivity index (χ0n) is 11.0. The summed E-state index contributed by atoms with van der Waals surface area (Å²) in [4.78, 5) is 0. The van der Waals surface area contributed by atoms with Crippen LogP contribution in [0.2, 0.25) is 0 Å². The molecule has 1 heterocycles. The van der Waals surface area contributed by atoms with E-state index >= 15 is 0 Å². The molecule has 0 radical (unpaired) electrons. The van der Waals surface area contributed by atoms with Crippen molar-refractivity contribution in [3.8, 4) is 5.75 Å². The number of ether oxygens (including phenoxy) is 1. The van der Waals surface area contributed by atoms with Gasteiger partial charge in [-0.1, -0.05) is 32.9 Å². The molecule has 0 amide bonds. The predicted molar refractivity (Wildman–Crippen MR) is 72.5 cm³/mol. The molecule has 3 N–H and O–H groups in total. The van der Waals surface area contributed by atoms with Gasteiger partial charge >= 0.3 is 0 Å². The van der Waals surface area contributed by atoms with Gasteiger partial charge in [0.25, 0.3) is 0 Å². The Kier molecular flexibility index (Phi) is 3.28. The lowest BCUT2D eigenvalue weighted by atomic mass is 9.92. The third kappa shape index (κ3) is 2.83. The van der Waals surface area contributed by atoms with Crippen LogP contribution in [-0.4, -0.2) is 10.2 Å². The first-order valence-electron chi connectivity index (χ1n) is 5.99. The van der Waals surface area contributed by atoms with E-state index in [0.717, 1.165) is 11.4 Å². The van der Waals surface area contributed by atoms with Gasteiger partial charge in [0.1, 0.15) is 12.4 Å². The summed E-state index contributed by atoms with van der Waals surface area (Å²) < 4.78 is 5.65. The number of nitrogens with two attached hydrogens (primary N) is 1. The second-order valence-corrected chi connectivity index (χ2v) is 5.35. The van der Waals surface area contributed by atoms with E-state index in [0.29, 0.717) is 18.0 Å². The molecule has 18 heavy (non-hydrogen) atoms. The number of nitrogens with one attached hydrogen (secondary N) is 1. The van der Waals surface area contributed by atoms with E-state index in [1.165, 1.54) is 0 Å². The van der Waals surface area contributed by atoms with Crippen LogP contribution in [-0.2, 0) is 12.0 Å². The number of H-pyrrole nitrogens is 1. The molecule has 0 spiro atoms. The highest BCUT2D eigenvalue weighted by Crippen LogP contribution is 2.23. The van der Waals surface area contributed by atoms with Crippen LogP contribution in [0.4, 0.5) is 5.69 Å². The monoisotopic (exact) mass is 245 g/mol. The van der Waals surface area contributed by atoms with Crippen molar-refractivity contribution in [3.05, 3.63) is 41.7 Å². The molecule has 0 aliphatic rings. The van der Waals surface area contributed by atoms with Crippen molar-refractivity contribution in [2.75, 3.05) is 5.73 Å². The molecule has 2 aromatic rings.